The molecule has 1 atom stereocenters. The van der Waals surface area contributed by atoms with E-state index in [2.05, 4.69) is 15.9 Å². The van der Waals surface area contributed by atoms with Gasteiger partial charge in [0.25, 0.3) is 0 Å². The van der Waals surface area contributed by atoms with Crippen LogP contribution in [0.2, 0.25) is 0 Å². The molecule has 0 spiro atoms. The smallest absolute Gasteiger partial charge is 0.137 e. The number of hydrogen-bond donors (Lipinski definition) is 1. The molecule has 4 heteroatoms. The summed E-state index contributed by atoms with van der Waals surface area (Å²) in [5.41, 5.74) is 0.854. The van der Waals surface area contributed by atoms with E-state index >= 15 is 0 Å². The van der Waals surface area contributed by atoms with Crippen molar-refractivity contribution in [1.82, 2.24) is 0 Å². The van der Waals surface area contributed by atoms with E-state index in [9.17, 15) is 9.50 Å². The molecule has 1 aliphatic rings. The lowest BCUT2D eigenvalue weighted by Crippen LogP contribution is -2.19. The molecular weight excluding hydrogens is 315 g/mol. The van der Waals surface area contributed by atoms with Gasteiger partial charge < -0.3 is 5.11 Å². The zero-order valence-corrected chi connectivity index (χ0v) is 12.6. The first-order valence-corrected chi connectivity index (χ1v) is 8.30. The molecule has 1 heterocycles. The summed E-state index contributed by atoms with van der Waals surface area (Å²) in [6.45, 7) is 0. The lowest BCUT2D eigenvalue weighted by atomic mass is 9.93. The summed E-state index contributed by atoms with van der Waals surface area (Å²) in [7, 11) is 0. The summed E-state index contributed by atoms with van der Waals surface area (Å²) < 4.78 is 13.8. The van der Waals surface area contributed by atoms with Gasteiger partial charge in [-0.25, -0.2) is 4.39 Å². The Kier molecular flexibility index (Phi) is 5.52. The number of rotatable bonds is 4. The van der Waals surface area contributed by atoms with Gasteiger partial charge in [-0.05, 0) is 70.7 Å². The average Bonchev–Trinajstić information content (AvgIpc) is 2.36. The Morgan fingerprint density at radius 2 is 2.11 bits per heavy atom. The third-order valence-electron chi connectivity index (χ3n) is 3.43. The second-order valence-electron chi connectivity index (χ2n) is 4.86. The van der Waals surface area contributed by atoms with Crippen molar-refractivity contribution in [1.29, 1.82) is 0 Å². The van der Waals surface area contributed by atoms with Crippen LogP contribution in [0.25, 0.3) is 0 Å². The van der Waals surface area contributed by atoms with Crippen LogP contribution < -0.4 is 0 Å². The minimum atomic E-state index is -0.365. The van der Waals surface area contributed by atoms with Crippen molar-refractivity contribution in [3.63, 3.8) is 0 Å². The first-order valence-electron chi connectivity index (χ1n) is 6.35. The van der Waals surface area contributed by atoms with Crippen molar-refractivity contribution < 1.29 is 9.50 Å². The molecule has 2 rings (SSSR count). The monoisotopic (exact) mass is 332 g/mol. The van der Waals surface area contributed by atoms with Crippen LogP contribution in [0.5, 0.6) is 0 Å². The maximum Gasteiger partial charge on any atom is 0.137 e. The van der Waals surface area contributed by atoms with Gasteiger partial charge in [-0.1, -0.05) is 12.1 Å². The van der Waals surface area contributed by atoms with E-state index in [1.54, 1.807) is 6.07 Å². The van der Waals surface area contributed by atoms with Crippen LogP contribution in [-0.2, 0) is 6.42 Å². The van der Waals surface area contributed by atoms with Gasteiger partial charge in [0.15, 0.2) is 0 Å². The van der Waals surface area contributed by atoms with Crippen molar-refractivity contribution >= 4 is 27.7 Å². The van der Waals surface area contributed by atoms with Crippen molar-refractivity contribution in [3.8, 4) is 0 Å². The van der Waals surface area contributed by atoms with Crippen molar-refractivity contribution in [3.05, 3.63) is 34.1 Å². The number of aliphatic hydroxyl groups excluding tert-OH is 1. The van der Waals surface area contributed by atoms with E-state index in [0.717, 1.165) is 12.0 Å². The molecule has 0 aromatic heterocycles. The topological polar surface area (TPSA) is 20.2 Å². The van der Waals surface area contributed by atoms with E-state index < -0.39 is 0 Å². The summed E-state index contributed by atoms with van der Waals surface area (Å²) in [5, 5.41) is 10.1. The van der Waals surface area contributed by atoms with Gasteiger partial charge in [0, 0.05) is 0 Å². The quantitative estimate of drug-likeness (QED) is 0.898. The van der Waals surface area contributed by atoms with Gasteiger partial charge in [0.05, 0.1) is 10.6 Å². The highest BCUT2D eigenvalue weighted by molar-refractivity contribution is 9.10. The zero-order valence-electron chi connectivity index (χ0n) is 10.2. The van der Waals surface area contributed by atoms with Gasteiger partial charge in [0.1, 0.15) is 5.82 Å². The van der Waals surface area contributed by atoms with Gasteiger partial charge in [-0.15, -0.1) is 0 Å². The molecule has 1 aliphatic heterocycles. The number of halogens is 2. The standard InChI is InChI=1S/C14H18BrFOS/c15-14-11(2-1-3-13(14)16)9-12(17)8-10-4-6-18-7-5-10/h1-3,10,12,17H,4-9H2. The van der Waals surface area contributed by atoms with Gasteiger partial charge in [-0.3, -0.25) is 0 Å². The molecule has 1 N–H and O–H groups in total. The second-order valence-corrected chi connectivity index (χ2v) is 6.88. The van der Waals surface area contributed by atoms with E-state index in [-0.39, 0.29) is 11.9 Å². The molecule has 1 unspecified atom stereocenters. The Morgan fingerprint density at radius 1 is 1.39 bits per heavy atom. The van der Waals surface area contributed by atoms with Crippen LogP contribution in [0.3, 0.4) is 0 Å². The largest absolute Gasteiger partial charge is 0.393 e. The van der Waals surface area contributed by atoms with Crippen LogP contribution in [0.15, 0.2) is 22.7 Å². The third-order valence-corrected chi connectivity index (χ3v) is 5.37. The molecule has 0 amide bonds. The molecule has 1 fully saturated rings. The van der Waals surface area contributed by atoms with Crippen LogP contribution >= 0.6 is 27.7 Å². The maximum atomic E-state index is 13.4. The molecule has 0 radical (unpaired) electrons. The molecule has 1 aromatic carbocycles. The van der Waals surface area contributed by atoms with E-state index in [0.29, 0.717) is 16.8 Å². The summed E-state index contributed by atoms with van der Waals surface area (Å²) in [5.74, 6) is 2.80. The van der Waals surface area contributed by atoms with Crippen LogP contribution in [0, 0.1) is 11.7 Å². The van der Waals surface area contributed by atoms with Gasteiger partial charge in [0.2, 0.25) is 0 Å². The molecule has 0 saturated carbocycles. The number of benzene rings is 1. The molecule has 1 aromatic rings. The molecule has 0 aliphatic carbocycles. The summed E-state index contributed by atoms with van der Waals surface area (Å²) in [6, 6.07) is 4.99. The number of thioether (sulfide) groups is 1. The fourth-order valence-electron chi connectivity index (χ4n) is 2.41. The predicted octanol–water partition coefficient (Wildman–Crippen LogP) is 4.02. The third kappa shape index (κ3) is 3.97. The second kappa shape index (κ2) is 6.92. The molecule has 100 valence electrons. The zero-order chi connectivity index (χ0) is 13.0. The fraction of sp³-hybridized carbons (Fsp3) is 0.571. The van der Waals surface area contributed by atoms with Crippen LogP contribution in [0.4, 0.5) is 4.39 Å². The molecule has 1 saturated heterocycles. The minimum absolute atomic E-state index is 0.256. The fourth-order valence-corrected chi connectivity index (χ4v) is 4.04. The van der Waals surface area contributed by atoms with E-state index in [1.807, 2.05) is 17.8 Å². The first kappa shape index (κ1) is 14.4. The highest BCUT2D eigenvalue weighted by atomic mass is 79.9. The Bertz CT molecular complexity index is 393. The number of aliphatic hydroxyl groups is 1. The SMILES string of the molecule is OC(Cc1cccc(F)c1Br)CC1CCSCC1. The van der Waals surface area contributed by atoms with Crippen molar-refractivity contribution in [2.75, 3.05) is 11.5 Å². The van der Waals surface area contributed by atoms with Crippen LogP contribution in [0.1, 0.15) is 24.8 Å². The lowest BCUT2D eigenvalue weighted by molar-refractivity contribution is 0.139. The summed E-state index contributed by atoms with van der Waals surface area (Å²) in [4.78, 5) is 0. The van der Waals surface area contributed by atoms with E-state index in [4.69, 9.17) is 0 Å². The highest BCUT2D eigenvalue weighted by Gasteiger charge is 2.19. The summed E-state index contributed by atoms with van der Waals surface area (Å²) in [6.07, 6.45) is 3.40. The van der Waals surface area contributed by atoms with Crippen LogP contribution in [-0.4, -0.2) is 22.7 Å². The predicted molar refractivity (Wildman–Crippen MR) is 78.5 cm³/mol. The average molecular weight is 333 g/mol. The molecule has 1 nitrogen and oxygen atoms in total. The molecular formula is C14H18BrFOS. The Morgan fingerprint density at radius 3 is 2.83 bits per heavy atom. The minimum Gasteiger partial charge on any atom is -0.393 e. The van der Waals surface area contributed by atoms with Crippen molar-refractivity contribution in [2.24, 2.45) is 5.92 Å². The summed E-state index contributed by atoms with van der Waals surface area (Å²) >= 11 is 5.24. The molecule has 0 bridgehead atoms. The Labute approximate surface area is 120 Å². The maximum absolute atomic E-state index is 13.4. The van der Waals surface area contributed by atoms with Crippen molar-refractivity contribution in [2.45, 2.75) is 31.8 Å². The lowest BCUT2D eigenvalue weighted by Gasteiger charge is -2.24. The van der Waals surface area contributed by atoms with Gasteiger partial charge in [-0.2, -0.15) is 11.8 Å². The Hall–Kier alpha value is -0.0600. The first-order chi connectivity index (χ1) is 8.66. The van der Waals surface area contributed by atoms with Gasteiger partial charge >= 0.3 is 0 Å². The molecule has 18 heavy (non-hydrogen) atoms. The highest BCUT2D eigenvalue weighted by Crippen LogP contribution is 2.28. The number of hydrogen-bond acceptors (Lipinski definition) is 2. The normalized spacial score (nSPS) is 18.8. The van der Waals surface area contributed by atoms with E-state index in [1.165, 1.54) is 30.4 Å². The Balaban J connectivity index is 1.90.